The van der Waals surface area contributed by atoms with Crippen molar-refractivity contribution in [3.8, 4) is 0 Å². The maximum absolute atomic E-state index is 12.0. The van der Waals surface area contributed by atoms with E-state index in [2.05, 4.69) is 46.7 Å². The second-order valence-corrected chi connectivity index (χ2v) is 6.46. The van der Waals surface area contributed by atoms with E-state index in [1.54, 1.807) is 4.90 Å². The number of nitrogens with one attached hydrogen (secondary N) is 2. The molecular weight excluding hydrogens is 316 g/mol. The number of hydrogen-bond donors (Lipinski definition) is 2. The molecule has 2 rings (SSSR count). The van der Waals surface area contributed by atoms with Crippen LogP contribution in [0.1, 0.15) is 38.8 Å². The van der Waals surface area contributed by atoms with Gasteiger partial charge in [0.1, 0.15) is 0 Å². The molecule has 0 spiro atoms. The van der Waals surface area contributed by atoms with E-state index in [0.717, 1.165) is 19.5 Å². The molecule has 25 heavy (non-hydrogen) atoms. The average Bonchev–Trinajstić information content (AvgIpc) is 3.09. The second kappa shape index (κ2) is 9.42. The lowest BCUT2D eigenvalue weighted by Crippen LogP contribution is -2.47. The van der Waals surface area contributed by atoms with Gasteiger partial charge in [-0.25, -0.2) is 4.79 Å². The highest BCUT2D eigenvalue weighted by Crippen LogP contribution is 2.24. The second-order valence-electron chi connectivity index (χ2n) is 6.46. The Morgan fingerprint density at radius 3 is 2.56 bits per heavy atom. The van der Waals surface area contributed by atoms with Crippen molar-refractivity contribution in [3.05, 3.63) is 35.9 Å². The van der Waals surface area contributed by atoms with Gasteiger partial charge in [-0.3, -0.25) is 9.69 Å². The topological polar surface area (TPSA) is 64.7 Å². The van der Waals surface area contributed by atoms with Crippen LogP contribution in [0.25, 0.3) is 0 Å². The van der Waals surface area contributed by atoms with E-state index >= 15 is 0 Å². The van der Waals surface area contributed by atoms with Crippen LogP contribution in [0.5, 0.6) is 0 Å². The van der Waals surface area contributed by atoms with Crippen LogP contribution in [0.3, 0.4) is 0 Å². The quantitative estimate of drug-likeness (QED) is 0.794. The molecule has 1 saturated heterocycles. The zero-order valence-corrected chi connectivity index (χ0v) is 15.5. The molecule has 0 bridgehead atoms. The first-order chi connectivity index (χ1) is 12.0. The number of benzene rings is 1. The number of nitrogens with zero attached hydrogens (tertiary/aromatic N) is 2. The molecule has 3 amide bonds. The van der Waals surface area contributed by atoms with Crippen LogP contribution in [-0.4, -0.2) is 60.5 Å². The molecule has 2 atom stereocenters. The zero-order valence-electron chi connectivity index (χ0n) is 15.5. The average molecular weight is 346 g/mol. The number of carbonyl (C=O) groups excluding carboxylic acids is 2. The molecule has 0 unspecified atom stereocenters. The highest BCUT2D eigenvalue weighted by atomic mass is 16.2. The summed E-state index contributed by atoms with van der Waals surface area (Å²) in [5.41, 5.74) is 1.29. The summed E-state index contributed by atoms with van der Waals surface area (Å²) in [4.78, 5) is 28.0. The number of carbonyl (C=O) groups is 2. The molecular formula is C19H30N4O2. The Labute approximate surface area is 150 Å². The highest BCUT2D eigenvalue weighted by molar-refractivity contribution is 5.84. The van der Waals surface area contributed by atoms with Gasteiger partial charge >= 0.3 is 6.03 Å². The van der Waals surface area contributed by atoms with E-state index in [-0.39, 0.29) is 24.5 Å². The Kier molecular flexibility index (Phi) is 7.25. The fourth-order valence-electron chi connectivity index (χ4n) is 3.28. The third-order valence-electron chi connectivity index (χ3n) is 4.90. The molecule has 1 aliphatic rings. The smallest absolute Gasteiger partial charge is 0.315 e. The molecule has 6 nitrogen and oxygen atoms in total. The summed E-state index contributed by atoms with van der Waals surface area (Å²) >= 11 is 0. The van der Waals surface area contributed by atoms with Gasteiger partial charge in [-0.1, -0.05) is 30.3 Å². The van der Waals surface area contributed by atoms with Crippen molar-refractivity contribution in [2.75, 3.05) is 32.7 Å². The van der Waals surface area contributed by atoms with Gasteiger partial charge in [-0.05, 0) is 32.8 Å². The largest absolute Gasteiger partial charge is 0.342 e. The van der Waals surface area contributed by atoms with E-state index in [1.165, 1.54) is 5.56 Å². The lowest BCUT2D eigenvalue weighted by molar-refractivity contribution is -0.129. The van der Waals surface area contributed by atoms with Gasteiger partial charge in [0.25, 0.3) is 0 Å². The molecule has 0 aliphatic carbocycles. The molecule has 1 fully saturated rings. The molecule has 1 aromatic carbocycles. The van der Waals surface area contributed by atoms with E-state index in [4.69, 9.17) is 0 Å². The minimum Gasteiger partial charge on any atom is -0.342 e. The molecule has 6 heteroatoms. The first kappa shape index (κ1) is 19.2. The van der Waals surface area contributed by atoms with Crippen LogP contribution in [-0.2, 0) is 4.79 Å². The monoisotopic (exact) mass is 346 g/mol. The van der Waals surface area contributed by atoms with Gasteiger partial charge in [0.15, 0.2) is 0 Å². The van der Waals surface area contributed by atoms with Crippen LogP contribution < -0.4 is 10.6 Å². The first-order valence-electron chi connectivity index (χ1n) is 9.16. The number of hydrogen-bond acceptors (Lipinski definition) is 3. The summed E-state index contributed by atoms with van der Waals surface area (Å²) in [5, 5.41) is 5.66. The minimum atomic E-state index is -0.264. The molecule has 0 saturated carbocycles. The highest BCUT2D eigenvalue weighted by Gasteiger charge is 2.27. The fourth-order valence-corrected chi connectivity index (χ4v) is 3.28. The number of likely N-dealkylation sites (N-methyl/N-ethyl adjacent to an activating group) is 1. The Bertz CT molecular complexity index is 560. The van der Waals surface area contributed by atoms with E-state index in [0.29, 0.717) is 19.1 Å². The Balaban J connectivity index is 1.75. The van der Waals surface area contributed by atoms with Gasteiger partial charge in [-0.15, -0.1) is 0 Å². The molecule has 138 valence electrons. The summed E-state index contributed by atoms with van der Waals surface area (Å²) in [7, 11) is 0. The summed E-state index contributed by atoms with van der Waals surface area (Å²) < 4.78 is 0. The van der Waals surface area contributed by atoms with E-state index < -0.39 is 0 Å². The predicted octanol–water partition coefficient (Wildman–Crippen LogP) is 1.99. The molecule has 1 heterocycles. The fraction of sp³-hybridized carbons (Fsp3) is 0.579. The normalized spacial score (nSPS) is 18.6. The number of urea groups is 1. The summed E-state index contributed by atoms with van der Waals surface area (Å²) in [6, 6.07) is 10.6. The predicted molar refractivity (Wildman–Crippen MR) is 99.3 cm³/mol. The summed E-state index contributed by atoms with van der Waals surface area (Å²) in [5.74, 6) is -0.0501. The molecule has 1 aromatic rings. The van der Waals surface area contributed by atoms with Crippen molar-refractivity contribution in [1.82, 2.24) is 20.4 Å². The van der Waals surface area contributed by atoms with Crippen LogP contribution >= 0.6 is 0 Å². The van der Waals surface area contributed by atoms with Crippen molar-refractivity contribution >= 4 is 11.9 Å². The number of rotatable bonds is 7. The van der Waals surface area contributed by atoms with Crippen molar-refractivity contribution in [2.45, 2.75) is 39.3 Å². The van der Waals surface area contributed by atoms with Crippen LogP contribution in [0.2, 0.25) is 0 Å². The SMILES string of the molecule is CCN(CC)C(=O)CNC(=O)N[C@@H]1CCN([C@H](C)c2ccccc2)C1. The van der Waals surface area contributed by atoms with Gasteiger partial charge in [0.05, 0.1) is 6.54 Å². The van der Waals surface area contributed by atoms with Gasteiger partial charge in [0, 0.05) is 38.3 Å². The van der Waals surface area contributed by atoms with Crippen molar-refractivity contribution in [2.24, 2.45) is 0 Å². The van der Waals surface area contributed by atoms with Gasteiger partial charge < -0.3 is 15.5 Å². The lowest BCUT2D eigenvalue weighted by atomic mass is 10.1. The van der Waals surface area contributed by atoms with Crippen LogP contribution in [0.4, 0.5) is 4.79 Å². The first-order valence-corrected chi connectivity index (χ1v) is 9.16. The zero-order chi connectivity index (χ0) is 18.2. The van der Waals surface area contributed by atoms with Crippen molar-refractivity contribution in [1.29, 1.82) is 0 Å². The van der Waals surface area contributed by atoms with Crippen molar-refractivity contribution < 1.29 is 9.59 Å². The van der Waals surface area contributed by atoms with E-state index in [1.807, 2.05) is 19.9 Å². The third-order valence-corrected chi connectivity index (χ3v) is 4.90. The van der Waals surface area contributed by atoms with Gasteiger partial charge in [-0.2, -0.15) is 0 Å². The molecule has 2 N–H and O–H groups in total. The molecule has 1 aliphatic heterocycles. The molecule has 0 radical (unpaired) electrons. The summed E-state index contributed by atoms with van der Waals surface area (Å²) in [6.45, 7) is 9.21. The number of likely N-dealkylation sites (tertiary alicyclic amines) is 1. The Morgan fingerprint density at radius 2 is 1.92 bits per heavy atom. The van der Waals surface area contributed by atoms with E-state index in [9.17, 15) is 9.59 Å². The Hall–Kier alpha value is -2.08. The minimum absolute atomic E-state index is 0.0460. The van der Waals surface area contributed by atoms with Crippen LogP contribution in [0.15, 0.2) is 30.3 Å². The van der Waals surface area contributed by atoms with Crippen molar-refractivity contribution in [3.63, 3.8) is 0 Å². The maximum atomic E-state index is 12.0. The third kappa shape index (κ3) is 5.46. The number of amides is 3. The molecule has 0 aromatic heterocycles. The lowest BCUT2D eigenvalue weighted by Gasteiger charge is -2.25. The Morgan fingerprint density at radius 1 is 1.24 bits per heavy atom. The summed E-state index contributed by atoms with van der Waals surface area (Å²) in [6.07, 6.45) is 0.925. The van der Waals surface area contributed by atoms with Gasteiger partial charge in [0.2, 0.25) is 5.91 Å². The standard InChI is InChI=1S/C19H30N4O2/c1-4-22(5-2)18(24)13-20-19(25)21-17-11-12-23(14-17)15(3)16-9-7-6-8-10-16/h6-10,15,17H,4-5,11-14H2,1-3H3,(H2,20,21,25)/t15-,17-/m1/s1. The maximum Gasteiger partial charge on any atom is 0.315 e. The van der Waals surface area contributed by atoms with Crippen LogP contribution in [0, 0.1) is 0 Å².